The van der Waals surface area contributed by atoms with Crippen molar-refractivity contribution in [2.45, 2.75) is 58.1 Å². The minimum absolute atomic E-state index is 0.0110. The molecular weight excluding hydrogens is 348 g/mol. The fourth-order valence-corrected chi connectivity index (χ4v) is 4.00. The Morgan fingerprint density at radius 2 is 1.81 bits per heavy atom. The van der Waals surface area contributed by atoms with E-state index in [2.05, 4.69) is 13.8 Å². The van der Waals surface area contributed by atoms with Crippen molar-refractivity contribution < 1.29 is 28.4 Å². The molecule has 0 N–H and O–H groups in total. The monoisotopic (exact) mass is 380 g/mol. The van der Waals surface area contributed by atoms with E-state index in [4.69, 9.17) is 28.4 Å². The Labute approximate surface area is 162 Å². The second-order valence-corrected chi connectivity index (χ2v) is 7.94. The zero-order chi connectivity index (χ0) is 19.6. The van der Waals surface area contributed by atoms with Crippen molar-refractivity contribution in [2.24, 2.45) is 11.8 Å². The summed E-state index contributed by atoms with van der Waals surface area (Å²) in [4.78, 5) is 0. The highest BCUT2D eigenvalue weighted by molar-refractivity contribution is 5.28. The molecule has 0 bridgehead atoms. The van der Waals surface area contributed by atoms with Crippen LogP contribution in [0.4, 0.5) is 0 Å². The highest BCUT2D eigenvalue weighted by atomic mass is 16.7. The van der Waals surface area contributed by atoms with Gasteiger partial charge in [-0.1, -0.05) is 26.0 Å². The van der Waals surface area contributed by atoms with Crippen molar-refractivity contribution >= 4 is 0 Å². The van der Waals surface area contributed by atoms with Gasteiger partial charge in [0, 0.05) is 24.5 Å². The molecule has 2 aliphatic rings. The van der Waals surface area contributed by atoms with Crippen molar-refractivity contribution in [1.82, 2.24) is 0 Å². The summed E-state index contributed by atoms with van der Waals surface area (Å²) in [5.41, 5.74) is 0.982. The predicted molar refractivity (Wildman–Crippen MR) is 101 cm³/mol. The van der Waals surface area contributed by atoms with E-state index >= 15 is 0 Å². The molecule has 3 rings (SSSR count). The molecular formula is C21H32O6. The van der Waals surface area contributed by atoms with Crippen molar-refractivity contribution in [3.8, 4) is 5.75 Å². The Balaban J connectivity index is 1.70. The zero-order valence-electron chi connectivity index (χ0n) is 17.1. The molecule has 0 amide bonds. The fraction of sp³-hybridized carbons (Fsp3) is 0.714. The van der Waals surface area contributed by atoms with Crippen molar-refractivity contribution in [2.75, 3.05) is 27.4 Å². The SMILES string of the molecule is COc1ccc(C2OC[C@@H](C)[C@@H]([C@@H](C)[C@H](OC)[C@@H]3COC(C)(C)O3)O2)cc1. The Hall–Kier alpha value is -1.18. The molecule has 6 heteroatoms. The van der Waals surface area contributed by atoms with Crippen molar-refractivity contribution in [1.29, 1.82) is 0 Å². The van der Waals surface area contributed by atoms with Crippen LogP contribution in [0.15, 0.2) is 24.3 Å². The van der Waals surface area contributed by atoms with E-state index in [1.807, 2.05) is 38.1 Å². The smallest absolute Gasteiger partial charge is 0.184 e. The number of hydrogen-bond donors (Lipinski definition) is 0. The zero-order valence-corrected chi connectivity index (χ0v) is 17.1. The molecule has 152 valence electrons. The molecule has 1 unspecified atom stereocenters. The molecule has 1 aromatic carbocycles. The predicted octanol–water partition coefficient (Wildman–Crippen LogP) is 3.55. The highest BCUT2D eigenvalue weighted by Gasteiger charge is 2.44. The second-order valence-electron chi connectivity index (χ2n) is 7.94. The van der Waals surface area contributed by atoms with Crippen LogP contribution >= 0.6 is 0 Å². The van der Waals surface area contributed by atoms with Crippen LogP contribution in [-0.2, 0) is 23.7 Å². The molecule has 2 saturated heterocycles. The Morgan fingerprint density at radius 1 is 1.11 bits per heavy atom. The first-order valence-corrected chi connectivity index (χ1v) is 9.60. The van der Waals surface area contributed by atoms with Crippen LogP contribution in [-0.4, -0.2) is 51.5 Å². The third kappa shape index (κ3) is 4.63. The summed E-state index contributed by atoms with van der Waals surface area (Å²) in [5.74, 6) is 0.613. The maximum absolute atomic E-state index is 6.37. The molecule has 6 nitrogen and oxygen atoms in total. The molecule has 2 fully saturated rings. The van der Waals surface area contributed by atoms with Gasteiger partial charge in [-0.25, -0.2) is 0 Å². The number of ether oxygens (including phenoxy) is 6. The van der Waals surface area contributed by atoms with Gasteiger partial charge in [0.1, 0.15) is 11.9 Å². The summed E-state index contributed by atoms with van der Waals surface area (Å²) in [6.45, 7) is 9.31. The average molecular weight is 380 g/mol. The molecule has 6 atom stereocenters. The minimum Gasteiger partial charge on any atom is -0.497 e. The van der Waals surface area contributed by atoms with Crippen LogP contribution in [0.25, 0.3) is 0 Å². The standard InChI is InChI=1S/C21H32O6/c1-13-11-24-20(15-7-9-16(22-5)10-8-15)26-18(13)14(2)19(23-6)17-12-25-21(3,4)27-17/h7-10,13-14,17-20H,11-12H2,1-6H3/t13-,14-,17+,18+,19+,20?/m1/s1. The Kier molecular flexibility index (Phi) is 6.43. The first kappa shape index (κ1) is 20.6. The first-order chi connectivity index (χ1) is 12.8. The van der Waals surface area contributed by atoms with Crippen LogP contribution in [0.3, 0.4) is 0 Å². The van der Waals surface area contributed by atoms with Gasteiger partial charge in [-0.2, -0.15) is 0 Å². The summed E-state index contributed by atoms with van der Waals surface area (Å²) in [6, 6.07) is 7.79. The van der Waals surface area contributed by atoms with E-state index < -0.39 is 12.1 Å². The van der Waals surface area contributed by atoms with Crippen LogP contribution in [0.5, 0.6) is 5.75 Å². The van der Waals surface area contributed by atoms with Gasteiger partial charge in [0.15, 0.2) is 12.1 Å². The van der Waals surface area contributed by atoms with E-state index in [1.165, 1.54) is 0 Å². The van der Waals surface area contributed by atoms with Gasteiger partial charge in [0.2, 0.25) is 0 Å². The van der Waals surface area contributed by atoms with Crippen molar-refractivity contribution in [3.05, 3.63) is 29.8 Å². The van der Waals surface area contributed by atoms with E-state index in [9.17, 15) is 0 Å². The maximum Gasteiger partial charge on any atom is 0.184 e. The molecule has 0 radical (unpaired) electrons. The molecule has 0 aromatic heterocycles. The van der Waals surface area contributed by atoms with E-state index in [0.29, 0.717) is 13.2 Å². The van der Waals surface area contributed by atoms with Gasteiger partial charge >= 0.3 is 0 Å². The lowest BCUT2D eigenvalue weighted by atomic mass is 9.86. The highest BCUT2D eigenvalue weighted by Crippen LogP contribution is 2.37. The van der Waals surface area contributed by atoms with Gasteiger partial charge in [-0.15, -0.1) is 0 Å². The lowest BCUT2D eigenvalue weighted by Gasteiger charge is -2.41. The number of hydrogen-bond acceptors (Lipinski definition) is 6. The van der Waals surface area contributed by atoms with Crippen molar-refractivity contribution in [3.63, 3.8) is 0 Å². The summed E-state index contributed by atoms with van der Waals surface area (Å²) in [7, 11) is 3.38. The molecule has 0 saturated carbocycles. The molecule has 0 spiro atoms. The number of rotatable bonds is 6. The Bertz CT molecular complexity index is 601. The summed E-state index contributed by atoms with van der Waals surface area (Å²) >= 11 is 0. The van der Waals surface area contributed by atoms with Gasteiger partial charge in [-0.05, 0) is 26.0 Å². The van der Waals surface area contributed by atoms with E-state index in [0.717, 1.165) is 11.3 Å². The van der Waals surface area contributed by atoms with E-state index in [1.54, 1.807) is 14.2 Å². The summed E-state index contributed by atoms with van der Waals surface area (Å²) in [6.07, 6.45) is -0.635. The first-order valence-electron chi connectivity index (χ1n) is 9.60. The summed E-state index contributed by atoms with van der Waals surface area (Å²) in [5, 5.41) is 0. The van der Waals surface area contributed by atoms with Gasteiger partial charge in [-0.3, -0.25) is 0 Å². The fourth-order valence-electron chi connectivity index (χ4n) is 4.00. The Morgan fingerprint density at radius 3 is 2.37 bits per heavy atom. The van der Waals surface area contributed by atoms with Gasteiger partial charge < -0.3 is 28.4 Å². The maximum atomic E-state index is 6.37. The topological polar surface area (TPSA) is 55.4 Å². The molecule has 27 heavy (non-hydrogen) atoms. The largest absolute Gasteiger partial charge is 0.497 e. The third-order valence-corrected chi connectivity index (χ3v) is 5.45. The number of benzene rings is 1. The normalized spacial score (nSPS) is 32.8. The van der Waals surface area contributed by atoms with Gasteiger partial charge in [0.25, 0.3) is 0 Å². The average Bonchev–Trinajstić information content (AvgIpc) is 3.02. The van der Waals surface area contributed by atoms with Crippen LogP contribution in [0, 0.1) is 11.8 Å². The molecule has 2 aliphatic heterocycles. The molecule has 2 heterocycles. The quantitative estimate of drug-likeness (QED) is 0.752. The van der Waals surface area contributed by atoms with Crippen LogP contribution in [0.2, 0.25) is 0 Å². The lowest BCUT2D eigenvalue weighted by molar-refractivity contribution is -0.261. The summed E-state index contributed by atoms with van der Waals surface area (Å²) < 4.78 is 35.1. The number of methoxy groups -OCH3 is 2. The lowest BCUT2D eigenvalue weighted by Crippen LogP contribution is -2.48. The molecule has 1 aromatic rings. The molecule has 0 aliphatic carbocycles. The second kappa shape index (κ2) is 8.45. The minimum atomic E-state index is -0.574. The third-order valence-electron chi connectivity index (χ3n) is 5.45. The van der Waals surface area contributed by atoms with E-state index in [-0.39, 0.29) is 30.1 Å². The van der Waals surface area contributed by atoms with Crippen LogP contribution < -0.4 is 4.74 Å². The van der Waals surface area contributed by atoms with Crippen LogP contribution in [0.1, 0.15) is 39.5 Å². The van der Waals surface area contributed by atoms with Gasteiger partial charge in [0.05, 0.1) is 32.5 Å².